The van der Waals surface area contributed by atoms with E-state index in [0.717, 1.165) is 0 Å². The number of aliphatic hydroxyl groups excluding tert-OH is 1. The maximum atomic E-state index is 12.4. The van der Waals surface area contributed by atoms with Crippen molar-refractivity contribution in [2.24, 2.45) is 0 Å². The number of ether oxygens (including phenoxy) is 1. The van der Waals surface area contributed by atoms with Crippen LogP contribution in [0.3, 0.4) is 0 Å². The van der Waals surface area contributed by atoms with E-state index in [9.17, 15) is 9.59 Å². The summed E-state index contributed by atoms with van der Waals surface area (Å²) < 4.78 is 11.4. The largest absolute Gasteiger partial charge is 0.466 e. The zero-order valence-corrected chi connectivity index (χ0v) is 11.7. The number of likely N-dealkylation sites (N-methyl/N-ethyl adjacent to an activating group) is 1. The molecular formula is C12H13N5O5. The standard InChI is InChI=1S/C12H13N5O5/c1-16-9(19)5-21-11-10(16)12(20)17(6-13-11)4-8-14-7(2-3-18)15-22-8/h6,18H,2-5H2,1H3. The number of rotatable bonds is 4. The Morgan fingerprint density at radius 1 is 1.41 bits per heavy atom. The molecule has 1 aliphatic heterocycles. The highest BCUT2D eigenvalue weighted by molar-refractivity contribution is 5.96. The third-order valence-electron chi connectivity index (χ3n) is 3.17. The van der Waals surface area contributed by atoms with Crippen LogP contribution in [0.2, 0.25) is 0 Å². The molecule has 0 saturated heterocycles. The molecule has 0 bridgehead atoms. The summed E-state index contributed by atoms with van der Waals surface area (Å²) in [5.74, 6) is 0.354. The Morgan fingerprint density at radius 3 is 3.00 bits per heavy atom. The quantitative estimate of drug-likeness (QED) is 0.728. The molecule has 10 heteroatoms. The van der Waals surface area contributed by atoms with Gasteiger partial charge in [0.25, 0.3) is 11.5 Å². The first-order valence-corrected chi connectivity index (χ1v) is 6.51. The molecule has 1 aliphatic rings. The Bertz CT molecular complexity index is 768. The van der Waals surface area contributed by atoms with Gasteiger partial charge in [-0.15, -0.1) is 0 Å². The summed E-state index contributed by atoms with van der Waals surface area (Å²) in [6.07, 6.45) is 1.56. The number of carbonyl (C=O) groups is 1. The van der Waals surface area contributed by atoms with Crippen molar-refractivity contribution < 1.29 is 19.2 Å². The maximum absolute atomic E-state index is 12.4. The third kappa shape index (κ3) is 2.44. The van der Waals surface area contributed by atoms with E-state index in [1.54, 1.807) is 0 Å². The highest BCUT2D eigenvalue weighted by Gasteiger charge is 2.27. The van der Waals surface area contributed by atoms with E-state index in [1.165, 1.54) is 22.8 Å². The molecule has 0 radical (unpaired) electrons. The van der Waals surface area contributed by atoms with Crippen molar-refractivity contribution in [1.29, 1.82) is 0 Å². The smallest absolute Gasteiger partial charge is 0.281 e. The molecule has 1 amide bonds. The van der Waals surface area contributed by atoms with Crippen LogP contribution in [0.1, 0.15) is 11.7 Å². The lowest BCUT2D eigenvalue weighted by Crippen LogP contribution is -2.41. The van der Waals surface area contributed by atoms with Crippen LogP contribution in [0.15, 0.2) is 15.6 Å². The van der Waals surface area contributed by atoms with E-state index in [-0.39, 0.29) is 49.5 Å². The van der Waals surface area contributed by atoms with Crippen molar-refractivity contribution in [1.82, 2.24) is 19.7 Å². The molecule has 0 unspecified atom stereocenters. The Morgan fingerprint density at radius 2 is 2.23 bits per heavy atom. The van der Waals surface area contributed by atoms with Crippen molar-refractivity contribution in [3.63, 3.8) is 0 Å². The minimum atomic E-state index is -0.442. The van der Waals surface area contributed by atoms with E-state index < -0.39 is 5.56 Å². The van der Waals surface area contributed by atoms with Gasteiger partial charge in [-0.2, -0.15) is 4.98 Å². The Labute approximate surface area is 123 Å². The van der Waals surface area contributed by atoms with Gasteiger partial charge in [-0.3, -0.25) is 14.2 Å². The first-order chi connectivity index (χ1) is 10.6. The molecule has 3 rings (SSSR count). The third-order valence-corrected chi connectivity index (χ3v) is 3.17. The summed E-state index contributed by atoms with van der Waals surface area (Å²) in [4.78, 5) is 33.3. The van der Waals surface area contributed by atoms with Crippen molar-refractivity contribution in [3.8, 4) is 5.88 Å². The number of aromatic nitrogens is 4. The fourth-order valence-electron chi connectivity index (χ4n) is 2.02. The van der Waals surface area contributed by atoms with Crippen LogP contribution in [0.4, 0.5) is 5.69 Å². The van der Waals surface area contributed by atoms with Crippen molar-refractivity contribution in [3.05, 3.63) is 28.4 Å². The molecule has 0 fully saturated rings. The monoisotopic (exact) mass is 307 g/mol. The van der Waals surface area contributed by atoms with Crippen LogP contribution in [0.5, 0.6) is 5.88 Å². The lowest BCUT2D eigenvalue weighted by atomic mass is 10.3. The fourth-order valence-corrected chi connectivity index (χ4v) is 2.02. The van der Waals surface area contributed by atoms with E-state index in [1.807, 2.05) is 0 Å². The summed E-state index contributed by atoms with van der Waals surface area (Å²) in [6.45, 7) is -0.225. The highest BCUT2D eigenvalue weighted by atomic mass is 16.5. The second-order valence-corrected chi connectivity index (χ2v) is 4.65. The first kappa shape index (κ1) is 14.2. The molecule has 22 heavy (non-hydrogen) atoms. The van der Waals surface area contributed by atoms with Crippen molar-refractivity contribution in [2.45, 2.75) is 13.0 Å². The van der Waals surface area contributed by atoms with Crippen molar-refractivity contribution in [2.75, 3.05) is 25.2 Å². The number of hydrogen-bond donors (Lipinski definition) is 1. The van der Waals surface area contributed by atoms with Crippen LogP contribution in [0, 0.1) is 0 Å². The Balaban J connectivity index is 1.92. The summed E-state index contributed by atoms with van der Waals surface area (Å²) >= 11 is 0. The lowest BCUT2D eigenvalue weighted by Gasteiger charge is -2.24. The SMILES string of the molecule is CN1C(=O)COc2ncn(Cc3nc(CCO)no3)c(=O)c21. The zero-order valence-electron chi connectivity index (χ0n) is 11.7. The molecule has 0 saturated carbocycles. The number of carbonyl (C=O) groups excluding carboxylic acids is 1. The minimum absolute atomic E-state index is 0.0135. The van der Waals surface area contributed by atoms with Gasteiger partial charge in [-0.05, 0) is 0 Å². The predicted octanol–water partition coefficient (Wildman–Crippen LogP) is -1.44. The van der Waals surface area contributed by atoms with Gasteiger partial charge in [-0.25, -0.2) is 4.98 Å². The number of fused-ring (bicyclic) bond motifs is 1. The first-order valence-electron chi connectivity index (χ1n) is 6.51. The molecule has 1 N–H and O–H groups in total. The van der Waals surface area contributed by atoms with Gasteiger partial charge < -0.3 is 19.3 Å². The van der Waals surface area contributed by atoms with Gasteiger partial charge in [0, 0.05) is 13.5 Å². The fraction of sp³-hybridized carbons (Fsp3) is 0.417. The lowest BCUT2D eigenvalue weighted by molar-refractivity contribution is -0.121. The molecule has 3 heterocycles. The summed E-state index contributed by atoms with van der Waals surface area (Å²) in [5.41, 5.74) is -0.365. The molecular weight excluding hydrogens is 294 g/mol. The Kier molecular flexibility index (Phi) is 3.59. The molecule has 0 aromatic carbocycles. The predicted molar refractivity (Wildman–Crippen MR) is 71.6 cm³/mol. The summed E-state index contributed by atoms with van der Waals surface area (Å²) in [7, 11) is 1.49. The average Bonchev–Trinajstić information content (AvgIpc) is 2.93. The van der Waals surface area contributed by atoms with Crippen LogP contribution >= 0.6 is 0 Å². The highest BCUT2D eigenvalue weighted by Crippen LogP contribution is 2.23. The number of nitrogens with zero attached hydrogens (tertiary/aromatic N) is 5. The summed E-state index contributed by atoms with van der Waals surface area (Å²) in [5, 5.41) is 12.5. The van der Waals surface area contributed by atoms with Crippen LogP contribution in [-0.2, 0) is 17.8 Å². The molecule has 0 aliphatic carbocycles. The number of anilines is 1. The number of amides is 1. The maximum Gasteiger partial charge on any atom is 0.281 e. The molecule has 2 aromatic heterocycles. The minimum Gasteiger partial charge on any atom is -0.466 e. The molecule has 10 nitrogen and oxygen atoms in total. The van der Waals surface area contributed by atoms with Crippen molar-refractivity contribution >= 4 is 11.6 Å². The normalized spacial score (nSPS) is 13.9. The second-order valence-electron chi connectivity index (χ2n) is 4.65. The molecule has 0 atom stereocenters. The number of aliphatic hydroxyl groups is 1. The Hall–Kier alpha value is -2.75. The van der Waals surface area contributed by atoms with Gasteiger partial charge >= 0.3 is 0 Å². The zero-order chi connectivity index (χ0) is 15.7. The van der Waals surface area contributed by atoms with E-state index in [4.69, 9.17) is 14.4 Å². The van der Waals surface area contributed by atoms with Gasteiger partial charge in [0.15, 0.2) is 18.1 Å². The molecule has 2 aromatic rings. The van der Waals surface area contributed by atoms with Gasteiger partial charge in [0.1, 0.15) is 12.9 Å². The topological polar surface area (TPSA) is 124 Å². The average molecular weight is 307 g/mol. The second kappa shape index (κ2) is 5.56. The van der Waals surface area contributed by atoms with E-state index in [0.29, 0.717) is 5.82 Å². The van der Waals surface area contributed by atoms with Crippen LogP contribution in [0.25, 0.3) is 0 Å². The van der Waals surface area contributed by atoms with E-state index >= 15 is 0 Å². The van der Waals surface area contributed by atoms with Crippen LogP contribution in [-0.4, -0.2) is 51.0 Å². The van der Waals surface area contributed by atoms with Gasteiger partial charge in [0.05, 0.1) is 6.61 Å². The summed E-state index contributed by atoms with van der Waals surface area (Å²) in [6, 6.07) is 0. The van der Waals surface area contributed by atoms with Crippen LogP contribution < -0.4 is 15.2 Å². The number of hydrogen-bond acceptors (Lipinski definition) is 8. The molecule has 116 valence electrons. The van der Waals surface area contributed by atoms with E-state index in [2.05, 4.69) is 15.1 Å². The van der Waals surface area contributed by atoms with Gasteiger partial charge in [0.2, 0.25) is 11.8 Å². The van der Waals surface area contributed by atoms with Gasteiger partial charge in [-0.1, -0.05) is 5.16 Å². The molecule has 0 spiro atoms.